The van der Waals surface area contributed by atoms with Gasteiger partial charge in [-0.1, -0.05) is 0 Å². The zero-order chi connectivity index (χ0) is 17.3. The van der Waals surface area contributed by atoms with Crippen LogP contribution in [0.25, 0.3) is 10.9 Å². The van der Waals surface area contributed by atoms with E-state index in [4.69, 9.17) is 5.73 Å². The average molecular weight is 330 g/mol. The molecule has 0 spiro atoms. The molecule has 6 heteroatoms. The largest absolute Gasteiger partial charge is 0.356 e. The van der Waals surface area contributed by atoms with Crippen molar-refractivity contribution in [3.05, 3.63) is 35.1 Å². The number of halogens is 1. The molecule has 1 aliphatic heterocycles. The molecule has 3 N–H and O–H groups in total. The molecule has 3 rings (SSSR count). The first-order valence-corrected chi connectivity index (χ1v) is 8.38. The van der Waals surface area contributed by atoms with E-state index >= 15 is 0 Å². The van der Waals surface area contributed by atoms with Crippen molar-refractivity contribution in [3.63, 3.8) is 0 Å². The number of benzene rings is 1. The average Bonchev–Trinajstić information content (AvgIpc) is 2.57. The molecule has 1 aromatic heterocycles. The number of aryl methyl sites for hydroxylation is 1. The molecule has 1 saturated heterocycles. The summed E-state index contributed by atoms with van der Waals surface area (Å²) in [6.07, 6.45) is 2.86. The summed E-state index contributed by atoms with van der Waals surface area (Å²) < 4.78 is 13.9. The molecular formula is C18H23FN4O. The maximum Gasteiger partial charge on any atom is 0.256 e. The maximum absolute atomic E-state index is 13.9. The summed E-state index contributed by atoms with van der Waals surface area (Å²) in [5, 5.41) is 3.48. The van der Waals surface area contributed by atoms with Crippen LogP contribution in [0.5, 0.6) is 0 Å². The molecular weight excluding hydrogens is 307 g/mol. The van der Waals surface area contributed by atoms with E-state index in [0.717, 1.165) is 31.3 Å². The Morgan fingerprint density at radius 2 is 2.04 bits per heavy atom. The molecule has 1 unspecified atom stereocenters. The molecule has 24 heavy (non-hydrogen) atoms. The summed E-state index contributed by atoms with van der Waals surface area (Å²) in [4.78, 5) is 19.4. The van der Waals surface area contributed by atoms with E-state index in [1.807, 2.05) is 0 Å². The van der Waals surface area contributed by atoms with Gasteiger partial charge < -0.3 is 16.0 Å². The number of nitrogens with one attached hydrogen (secondary N) is 1. The van der Waals surface area contributed by atoms with Gasteiger partial charge >= 0.3 is 0 Å². The molecule has 2 aromatic rings. The van der Waals surface area contributed by atoms with Crippen molar-refractivity contribution in [2.45, 2.75) is 39.3 Å². The number of nitrogens with zero attached hydrogens (tertiary/aromatic N) is 2. The fraction of sp³-hybridized carbons (Fsp3) is 0.444. The van der Waals surface area contributed by atoms with Gasteiger partial charge in [0.05, 0.1) is 17.2 Å². The molecule has 128 valence electrons. The minimum Gasteiger partial charge on any atom is -0.356 e. The van der Waals surface area contributed by atoms with E-state index < -0.39 is 6.17 Å². The molecule has 1 aromatic carbocycles. The van der Waals surface area contributed by atoms with Crippen LogP contribution in [0.4, 0.5) is 10.2 Å². The Labute approximate surface area is 141 Å². The minimum atomic E-state index is -0.447. The molecule has 1 aliphatic rings. The number of hydrogen-bond donors (Lipinski definition) is 2. The van der Waals surface area contributed by atoms with Crippen molar-refractivity contribution in [2.75, 3.05) is 18.0 Å². The minimum absolute atomic E-state index is 0.248. The topological polar surface area (TPSA) is 71.2 Å². The van der Waals surface area contributed by atoms with Crippen LogP contribution in [0.2, 0.25) is 0 Å². The van der Waals surface area contributed by atoms with Gasteiger partial charge in [0.2, 0.25) is 0 Å². The zero-order valence-electron chi connectivity index (χ0n) is 14.1. The molecule has 0 radical (unpaired) electrons. The van der Waals surface area contributed by atoms with Crippen molar-refractivity contribution in [1.82, 2.24) is 10.3 Å². The highest BCUT2D eigenvalue weighted by Crippen LogP contribution is 2.28. The van der Waals surface area contributed by atoms with Crippen LogP contribution >= 0.6 is 0 Å². The van der Waals surface area contributed by atoms with Gasteiger partial charge in [-0.2, -0.15) is 0 Å². The summed E-state index contributed by atoms with van der Waals surface area (Å²) in [7, 11) is 0. The van der Waals surface area contributed by atoms with Crippen LogP contribution in [0, 0.1) is 12.7 Å². The Morgan fingerprint density at radius 1 is 1.33 bits per heavy atom. The molecule has 0 bridgehead atoms. The van der Waals surface area contributed by atoms with Crippen LogP contribution in [-0.2, 0) is 0 Å². The van der Waals surface area contributed by atoms with Crippen molar-refractivity contribution in [2.24, 2.45) is 5.73 Å². The number of carbonyl (C=O) groups is 1. The molecule has 1 amide bonds. The molecule has 1 fully saturated rings. The number of carbonyl (C=O) groups excluding carboxylic acids is 1. The summed E-state index contributed by atoms with van der Waals surface area (Å²) in [6, 6.07) is 4.86. The number of amides is 1. The van der Waals surface area contributed by atoms with Crippen LogP contribution < -0.4 is 16.0 Å². The highest BCUT2D eigenvalue weighted by Gasteiger charge is 2.22. The monoisotopic (exact) mass is 330 g/mol. The lowest BCUT2D eigenvalue weighted by atomic mass is 10.1. The quantitative estimate of drug-likeness (QED) is 0.849. The van der Waals surface area contributed by atoms with E-state index in [0.29, 0.717) is 22.5 Å². The first-order chi connectivity index (χ1) is 11.5. The van der Waals surface area contributed by atoms with Crippen LogP contribution in [0.15, 0.2) is 18.2 Å². The number of anilines is 1. The first kappa shape index (κ1) is 16.6. The molecule has 1 atom stereocenters. The lowest BCUT2D eigenvalue weighted by molar-refractivity contribution is 0.0941. The number of aromatic nitrogens is 1. The van der Waals surface area contributed by atoms with Gasteiger partial charge in [0, 0.05) is 24.0 Å². The van der Waals surface area contributed by atoms with Gasteiger partial charge in [-0.3, -0.25) is 4.79 Å². The second-order valence-corrected chi connectivity index (χ2v) is 6.41. The zero-order valence-corrected chi connectivity index (χ0v) is 14.1. The predicted molar refractivity (Wildman–Crippen MR) is 93.6 cm³/mol. The third-order valence-corrected chi connectivity index (χ3v) is 4.41. The summed E-state index contributed by atoms with van der Waals surface area (Å²) >= 11 is 0. The van der Waals surface area contributed by atoms with E-state index in [2.05, 4.69) is 15.2 Å². The Balaban J connectivity index is 2.15. The molecule has 2 heterocycles. The van der Waals surface area contributed by atoms with Crippen LogP contribution in [0.1, 0.15) is 42.1 Å². The standard InChI is InChI=1S/C18H23FN4O/c1-11-15(19)7-6-13-10-14(18(24)21-12(2)20)17(22-16(11)13)23-8-4-3-5-9-23/h6-7,10,12H,3-5,8-9,20H2,1-2H3,(H,21,24). The van der Waals surface area contributed by atoms with Crippen molar-refractivity contribution >= 4 is 22.6 Å². The lowest BCUT2D eigenvalue weighted by Crippen LogP contribution is -2.40. The number of fused-ring (bicyclic) bond motifs is 1. The number of nitrogens with two attached hydrogens (primary N) is 1. The van der Waals surface area contributed by atoms with Gasteiger partial charge in [0.15, 0.2) is 0 Å². The molecule has 0 saturated carbocycles. The SMILES string of the molecule is Cc1c(F)ccc2cc(C(=O)NC(C)N)c(N3CCCCC3)nc12. The fourth-order valence-corrected chi connectivity index (χ4v) is 3.15. The van der Waals surface area contributed by atoms with Gasteiger partial charge in [0.25, 0.3) is 5.91 Å². The summed E-state index contributed by atoms with van der Waals surface area (Å²) in [5.74, 6) is 0.0865. The normalized spacial score (nSPS) is 16.2. The molecule has 5 nitrogen and oxygen atoms in total. The first-order valence-electron chi connectivity index (χ1n) is 8.38. The third-order valence-electron chi connectivity index (χ3n) is 4.41. The predicted octanol–water partition coefficient (Wildman–Crippen LogP) is 2.71. The Morgan fingerprint density at radius 3 is 2.71 bits per heavy atom. The Bertz CT molecular complexity index is 769. The van der Waals surface area contributed by atoms with E-state index in [1.165, 1.54) is 12.5 Å². The van der Waals surface area contributed by atoms with Crippen LogP contribution in [-0.4, -0.2) is 30.1 Å². The van der Waals surface area contributed by atoms with Crippen molar-refractivity contribution in [1.29, 1.82) is 0 Å². The highest BCUT2D eigenvalue weighted by molar-refractivity contribution is 6.03. The van der Waals surface area contributed by atoms with Gasteiger partial charge in [-0.25, -0.2) is 9.37 Å². The van der Waals surface area contributed by atoms with Crippen molar-refractivity contribution in [3.8, 4) is 0 Å². The number of piperidine rings is 1. The fourth-order valence-electron chi connectivity index (χ4n) is 3.15. The van der Waals surface area contributed by atoms with Crippen LogP contribution in [0.3, 0.4) is 0 Å². The van der Waals surface area contributed by atoms with Gasteiger partial charge in [0.1, 0.15) is 11.6 Å². The Hall–Kier alpha value is -2.21. The van der Waals surface area contributed by atoms with E-state index in [1.54, 1.807) is 26.0 Å². The van der Waals surface area contributed by atoms with E-state index in [-0.39, 0.29) is 11.7 Å². The third kappa shape index (κ3) is 3.19. The second kappa shape index (κ2) is 6.73. The van der Waals surface area contributed by atoms with Crippen molar-refractivity contribution < 1.29 is 9.18 Å². The smallest absolute Gasteiger partial charge is 0.256 e. The second-order valence-electron chi connectivity index (χ2n) is 6.41. The Kier molecular flexibility index (Phi) is 4.66. The van der Waals surface area contributed by atoms with E-state index in [9.17, 15) is 9.18 Å². The van der Waals surface area contributed by atoms with Gasteiger partial charge in [-0.05, 0) is 51.3 Å². The lowest BCUT2D eigenvalue weighted by Gasteiger charge is -2.29. The number of pyridine rings is 1. The molecule has 0 aliphatic carbocycles. The summed E-state index contributed by atoms with van der Waals surface area (Å²) in [6.45, 7) is 5.13. The maximum atomic E-state index is 13.9. The highest BCUT2D eigenvalue weighted by atomic mass is 19.1. The summed E-state index contributed by atoms with van der Waals surface area (Å²) in [5.41, 5.74) is 7.30. The number of hydrogen-bond acceptors (Lipinski definition) is 4. The number of rotatable bonds is 3. The van der Waals surface area contributed by atoms with Gasteiger partial charge in [-0.15, -0.1) is 0 Å².